The van der Waals surface area contributed by atoms with Crippen LogP contribution in [0.1, 0.15) is 46.1 Å². The van der Waals surface area contributed by atoms with Crippen molar-refractivity contribution in [3.63, 3.8) is 0 Å². The maximum Gasteiger partial charge on any atom is 0.266 e. The van der Waals surface area contributed by atoms with E-state index in [1.54, 1.807) is 11.3 Å². The number of hydrogen-bond donors (Lipinski definition) is 1. The molecule has 5 heteroatoms. The second-order valence-electron chi connectivity index (χ2n) is 5.10. The highest BCUT2D eigenvalue weighted by atomic mass is 32.1. The summed E-state index contributed by atoms with van der Waals surface area (Å²) in [4.78, 5) is 20.0. The molecule has 1 amide bonds. The molecule has 0 radical (unpaired) electrons. The Morgan fingerprint density at radius 1 is 1.44 bits per heavy atom. The van der Waals surface area contributed by atoms with Gasteiger partial charge in [-0.2, -0.15) is 0 Å². The van der Waals surface area contributed by atoms with Gasteiger partial charge < -0.3 is 10.2 Å². The number of carbonyl (C=O) groups excluding carboxylic acids is 1. The van der Waals surface area contributed by atoms with Crippen molar-refractivity contribution in [3.8, 4) is 0 Å². The molecule has 1 fully saturated rings. The van der Waals surface area contributed by atoms with E-state index in [0.29, 0.717) is 6.04 Å². The Labute approximate surface area is 111 Å². The highest BCUT2D eigenvalue weighted by Crippen LogP contribution is 2.31. The van der Waals surface area contributed by atoms with Crippen LogP contribution < -0.4 is 5.32 Å². The van der Waals surface area contributed by atoms with E-state index in [1.165, 1.54) is 25.7 Å². The van der Waals surface area contributed by atoms with Gasteiger partial charge in [0.15, 0.2) is 0 Å². The number of aromatic nitrogens is 1. The quantitative estimate of drug-likeness (QED) is 0.906. The Balaban J connectivity index is 1.82. The molecule has 1 saturated carbocycles. The average molecular weight is 265 g/mol. The fourth-order valence-electron chi connectivity index (χ4n) is 2.99. The van der Waals surface area contributed by atoms with E-state index in [0.717, 1.165) is 35.1 Å². The lowest BCUT2D eigenvalue weighted by Crippen LogP contribution is -2.43. The number of nitrogens with zero attached hydrogens (tertiary/aromatic N) is 2. The van der Waals surface area contributed by atoms with E-state index in [9.17, 15) is 4.79 Å². The summed E-state index contributed by atoms with van der Waals surface area (Å²) >= 11 is 1.57. The van der Waals surface area contributed by atoms with E-state index in [4.69, 9.17) is 0 Å². The third kappa shape index (κ3) is 2.06. The highest BCUT2D eigenvalue weighted by Gasteiger charge is 2.33. The van der Waals surface area contributed by atoms with Gasteiger partial charge in [0.25, 0.3) is 5.91 Å². The minimum absolute atomic E-state index is 0.225. The molecule has 0 unspecified atom stereocenters. The molecule has 2 heterocycles. The minimum atomic E-state index is 0.225. The zero-order valence-electron chi connectivity index (χ0n) is 10.7. The zero-order chi connectivity index (χ0) is 12.5. The van der Waals surface area contributed by atoms with E-state index in [1.807, 2.05) is 7.05 Å². The normalized spacial score (nSPS) is 20.5. The monoisotopic (exact) mass is 265 g/mol. The molecule has 18 heavy (non-hydrogen) atoms. The number of nitrogens with one attached hydrogen (secondary N) is 1. The van der Waals surface area contributed by atoms with Crippen LogP contribution in [0.4, 0.5) is 0 Å². The number of fused-ring (bicyclic) bond motifs is 1. The smallest absolute Gasteiger partial charge is 0.266 e. The van der Waals surface area contributed by atoms with E-state index >= 15 is 0 Å². The molecule has 2 aliphatic rings. The fraction of sp³-hybridized carbons (Fsp3) is 0.692. The molecule has 0 atom stereocenters. The molecular formula is C13H19N3OS. The Morgan fingerprint density at radius 3 is 2.94 bits per heavy atom. The summed E-state index contributed by atoms with van der Waals surface area (Å²) in [5.41, 5.74) is 1.02. The molecule has 1 N–H and O–H groups in total. The third-order valence-electron chi connectivity index (χ3n) is 3.88. The van der Waals surface area contributed by atoms with Crippen molar-refractivity contribution in [3.05, 3.63) is 15.6 Å². The Bertz CT molecular complexity index is 451. The average Bonchev–Trinajstić information content (AvgIpc) is 2.98. The van der Waals surface area contributed by atoms with Crippen LogP contribution in [0.3, 0.4) is 0 Å². The Kier molecular flexibility index (Phi) is 3.35. The molecule has 0 bridgehead atoms. The zero-order valence-corrected chi connectivity index (χ0v) is 11.6. The summed E-state index contributed by atoms with van der Waals surface area (Å²) < 4.78 is 0. The van der Waals surface area contributed by atoms with Crippen LogP contribution in [0.5, 0.6) is 0 Å². The lowest BCUT2D eigenvalue weighted by molar-refractivity contribution is 0.0668. The maximum atomic E-state index is 12.5. The molecule has 1 aromatic heterocycles. The van der Waals surface area contributed by atoms with Crippen LogP contribution in [0, 0.1) is 0 Å². The van der Waals surface area contributed by atoms with Crippen LogP contribution in [-0.4, -0.2) is 35.4 Å². The van der Waals surface area contributed by atoms with E-state index in [2.05, 4.69) is 15.2 Å². The Morgan fingerprint density at radius 2 is 2.22 bits per heavy atom. The molecule has 1 aliphatic carbocycles. The molecule has 0 spiro atoms. The first-order chi connectivity index (χ1) is 8.79. The van der Waals surface area contributed by atoms with Crippen LogP contribution in [0.2, 0.25) is 0 Å². The number of hydrogen-bond acceptors (Lipinski definition) is 4. The number of rotatable bonds is 3. The predicted molar refractivity (Wildman–Crippen MR) is 71.9 cm³/mol. The number of amides is 1. The molecule has 98 valence electrons. The van der Waals surface area contributed by atoms with Crippen LogP contribution in [-0.2, 0) is 13.0 Å². The first-order valence-corrected chi connectivity index (χ1v) is 7.55. The van der Waals surface area contributed by atoms with E-state index < -0.39 is 0 Å². The molecule has 0 aromatic carbocycles. The molecule has 3 rings (SSSR count). The molecule has 0 saturated heterocycles. The van der Waals surface area contributed by atoms with Crippen molar-refractivity contribution < 1.29 is 4.79 Å². The minimum Gasteiger partial charge on any atom is -0.335 e. The summed E-state index contributed by atoms with van der Waals surface area (Å²) in [6, 6.07) is 0.487. The maximum absolute atomic E-state index is 12.5. The van der Waals surface area contributed by atoms with Gasteiger partial charge in [-0.3, -0.25) is 4.79 Å². The summed E-state index contributed by atoms with van der Waals surface area (Å²) in [6.07, 6.45) is 5.84. The van der Waals surface area contributed by atoms with Crippen molar-refractivity contribution >= 4 is 17.2 Å². The second-order valence-corrected chi connectivity index (χ2v) is 6.18. The van der Waals surface area contributed by atoms with Gasteiger partial charge in [0, 0.05) is 25.6 Å². The third-order valence-corrected chi connectivity index (χ3v) is 4.97. The number of carbonyl (C=O) groups is 1. The van der Waals surface area contributed by atoms with Crippen molar-refractivity contribution in [1.29, 1.82) is 0 Å². The lowest BCUT2D eigenvalue weighted by Gasteiger charge is -2.31. The van der Waals surface area contributed by atoms with Gasteiger partial charge in [0.05, 0.1) is 5.69 Å². The lowest BCUT2D eigenvalue weighted by atomic mass is 10.1. The first kappa shape index (κ1) is 12.1. The van der Waals surface area contributed by atoms with Gasteiger partial charge in [0.2, 0.25) is 0 Å². The molecular weight excluding hydrogens is 246 g/mol. The summed E-state index contributed by atoms with van der Waals surface area (Å²) in [6.45, 7) is 1.62. The van der Waals surface area contributed by atoms with Crippen molar-refractivity contribution in [2.45, 2.75) is 44.7 Å². The van der Waals surface area contributed by atoms with Crippen molar-refractivity contribution in [1.82, 2.24) is 15.2 Å². The predicted octanol–water partition coefficient (Wildman–Crippen LogP) is 1.80. The summed E-state index contributed by atoms with van der Waals surface area (Å²) in [5, 5.41) is 4.13. The Hall–Kier alpha value is -0.940. The topological polar surface area (TPSA) is 45.2 Å². The van der Waals surface area contributed by atoms with Crippen LogP contribution in [0.25, 0.3) is 0 Å². The van der Waals surface area contributed by atoms with Crippen molar-refractivity contribution in [2.75, 3.05) is 13.6 Å². The van der Waals surface area contributed by atoms with Gasteiger partial charge in [-0.1, -0.05) is 12.8 Å². The second kappa shape index (κ2) is 4.97. The first-order valence-electron chi connectivity index (χ1n) is 6.73. The SMILES string of the molecule is CNCc1nc2c(s1)C(=O)N(C1CCCC1)CC2. The summed E-state index contributed by atoms with van der Waals surface area (Å²) in [5.74, 6) is 0.225. The van der Waals surface area contributed by atoms with Gasteiger partial charge in [-0.05, 0) is 19.9 Å². The van der Waals surface area contributed by atoms with Crippen molar-refractivity contribution in [2.24, 2.45) is 0 Å². The van der Waals surface area contributed by atoms with Crippen LogP contribution >= 0.6 is 11.3 Å². The fourth-order valence-corrected chi connectivity index (χ4v) is 4.06. The van der Waals surface area contributed by atoms with Gasteiger partial charge >= 0.3 is 0 Å². The largest absolute Gasteiger partial charge is 0.335 e. The molecule has 1 aliphatic heterocycles. The number of thiazole rings is 1. The van der Waals surface area contributed by atoms with Gasteiger partial charge in [-0.15, -0.1) is 11.3 Å². The molecule has 4 nitrogen and oxygen atoms in total. The standard InChI is InChI=1S/C13H19N3OS/c1-14-8-11-15-10-6-7-16(9-4-2-3-5-9)13(17)12(10)18-11/h9,14H,2-8H2,1H3. The summed E-state index contributed by atoms with van der Waals surface area (Å²) in [7, 11) is 1.91. The molecule has 1 aromatic rings. The van der Waals surface area contributed by atoms with E-state index in [-0.39, 0.29) is 5.91 Å². The highest BCUT2D eigenvalue weighted by molar-refractivity contribution is 7.13. The van der Waals surface area contributed by atoms with Crippen LogP contribution in [0.15, 0.2) is 0 Å². The van der Waals surface area contributed by atoms with Gasteiger partial charge in [0.1, 0.15) is 9.88 Å². The van der Waals surface area contributed by atoms with Gasteiger partial charge in [-0.25, -0.2) is 4.98 Å².